The molecule has 0 saturated heterocycles. The number of carbonyl (C=O) groups is 1. The summed E-state index contributed by atoms with van der Waals surface area (Å²) in [5.74, 6) is -0.798. The first kappa shape index (κ1) is 13.8. The Morgan fingerprint density at radius 3 is 2.70 bits per heavy atom. The number of nitrogens with one attached hydrogen (secondary N) is 1. The maximum atomic E-state index is 12.3. The fraction of sp³-hybridized carbons (Fsp3) is 0.118. The minimum Gasteiger partial charge on any atom is -0.300 e. The third-order valence-corrected chi connectivity index (χ3v) is 4.41. The van der Waals surface area contributed by atoms with Crippen molar-refractivity contribution >= 4 is 34.5 Å². The number of imidazole rings is 1. The van der Waals surface area contributed by atoms with Crippen LogP contribution in [0.1, 0.15) is 11.6 Å². The molecule has 1 aliphatic heterocycles. The van der Waals surface area contributed by atoms with Crippen LogP contribution in [0.3, 0.4) is 0 Å². The Labute approximate surface area is 137 Å². The van der Waals surface area contributed by atoms with E-state index < -0.39 is 12.0 Å². The van der Waals surface area contributed by atoms with Crippen molar-refractivity contribution in [1.29, 1.82) is 5.26 Å². The van der Waals surface area contributed by atoms with Crippen molar-refractivity contribution in [3.8, 4) is 6.07 Å². The molecule has 0 radical (unpaired) electrons. The molecule has 4 rings (SSSR count). The zero-order valence-electron chi connectivity index (χ0n) is 11.9. The molecule has 23 heavy (non-hydrogen) atoms. The molecule has 2 atom stereocenters. The SMILES string of the molecule is N#C[C@@H]1C(=O)Nc2nc3ccccc3n2[C@H]1c1ccccc1Cl. The number of carbonyl (C=O) groups excluding carboxylic acids is 1. The maximum Gasteiger partial charge on any atom is 0.246 e. The van der Waals surface area contributed by atoms with Gasteiger partial charge in [-0.25, -0.2) is 4.98 Å². The molecule has 2 heterocycles. The largest absolute Gasteiger partial charge is 0.300 e. The van der Waals surface area contributed by atoms with Gasteiger partial charge in [-0.3, -0.25) is 10.1 Å². The molecule has 0 bridgehead atoms. The number of benzene rings is 2. The molecule has 0 aliphatic carbocycles. The highest BCUT2D eigenvalue weighted by atomic mass is 35.5. The summed E-state index contributed by atoms with van der Waals surface area (Å²) >= 11 is 6.34. The average Bonchev–Trinajstić information content (AvgIpc) is 2.92. The van der Waals surface area contributed by atoms with Crippen LogP contribution in [-0.2, 0) is 4.79 Å². The lowest BCUT2D eigenvalue weighted by molar-refractivity contribution is -0.119. The number of amides is 1. The number of nitriles is 1. The van der Waals surface area contributed by atoms with Crippen molar-refractivity contribution in [2.75, 3.05) is 5.32 Å². The summed E-state index contributed by atoms with van der Waals surface area (Å²) in [5.41, 5.74) is 2.35. The van der Waals surface area contributed by atoms with E-state index in [4.69, 9.17) is 11.6 Å². The van der Waals surface area contributed by atoms with Crippen LogP contribution in [0.15, 0.2) is 48.5 Å². The molecular weight excluding hydrogens is 312 g/mol. The van der Waals surface area contributed by atoms with Gasteiger partial charge in [0.15, 0.2) is 5.92 Å². The van der Waals surface area contributed by atoms with Gasteiger partial charge < -0.3 is 4.57 Å². The van der Waals surface area contributed by atoms with Crippen molar-refractivity contribution in [1.82, 2.24) is 9.55 Å². The third-order valence-electron chi connectivity index (χ3n) is 4.07. The second-order valence-corrected chi connectivity index (χ2v) is 5.76. The van der Waals surface area contributed by atoms with Crippen LogP contribution in [0.2, 0.25) is 5.02 Å². The molecule has 2 aromatic carbocycles. The van der Waals surface area contributed by atoms with E-state index in [1.54, 1.807) is 6.07 Å². The van der Waals surface area contributed by atoms with Crippen LogP contribution in [0.5, 0.6) is 0 Å². The van der Waals surface area contributed by atoms with Crippen LogP contribution < -0.4 is 5.32 Å². The summed E-state index contributed by atoms with van der Waals surface area (Å²) in [6, 6.07) is 16.4. The van der Waals surface area contributed by atoms with Gasteiger partial charge >= 0.3 is 0 Å². The zero-order chi connectivity index (χ0) is 16.0. The van der Waals surface area contributed by atoms with E-state index in [-0.39, 0.29) is 5.91 Å². The number of fused-ring (bicyclic) bond motifs is 3. The van der Waals surface area contributed by atoms with Gasteiger partial charge in [0.25, 0.3) is 0 Å². The van der Waals surface area contributed by atoms with Gasteiger partial charge in [-0.1, -0.05) is 41.9 Å². The van der Waals surface area contributed by atoms with E-state index in [9.17, 15) is 10.1 Å². The van der Waals surface area contributed by atoms with Crippen LogP contribution in [-0.4, -0.2) is 15.5 Å². The number of para-hydroxylation sites is 2. The summed E-state index contributed by atoms with van der Waals surface area (Å²) in [7, 11) is 0. The van der Waals surface area contributed by atoms with E-state index in [0.29, 0.717) is 11.0 Å². The lowest BCUT2D eigenvalue weighted by Gasteiger charge is -2.30. The summed E-state index contributed by atoms with van der Waals surface area (Å²) < 4.78 is 1.88. The van der Waals surface area contributed by atoms with Crippen LogP contribution in [0.25, 0.3) is 11.0 Å². The Kier molecular flexibility index (Phi) is 3.07. The second-order valence-electron chi connectivity index (χ2n) is 5.36. The molecule has 0 fully saturated rings. The van der Waals surface area contributed by atoms with E-state index in [0.717, 1.165) is 16.6 Å². The fourth-order valence-electron chi connectivity index (χ4n) is 3.06. The van der Waals surface area contributed by atoms with Crippen molar-refractivity contribution in [2.24, 2.45) is 5.92 Å². The third kappa shape index (κ3) is 2.00. The zero-order valence-corrected chi connectivity index (χ0v) is 12.7. The summed E-state index contributed by atoms with van der Waals surface area (Å²) in [5, 5.41) is 12.8. The summed E-state index contributed by atoms with van der Waals surface area (Å²) in [6.45, 7) is 0. The normalized spacial score (nSPS) is 19.9. The Hall–Kier alpha value is -2.84. The van der Waals surface area contributed by atoms with Crippen molar-refractivity contribution in [3.63, 3.8) is 0 Å². The standard InChI is InChI=1S/C17H11ClN4O/c18-12-6-2-1-5-10(12)15-11(9-19)16(23)21-17-20-13-7-3-4-8-14(13)22(15)17/h1-8,11,15H,(H,20,21,23)/t11-,15-/m0/s1. The van der Waals surface area contributed by atoms with E-state index in [2.05, 4.69) is 16.4 Å². The van der Waals surface area contributed by atoms with Crippen LogP contribution in [0, 0.1) is 17.2 Å². The van der Waals surface area contributed by atoms with Crippen molar-refractivity contribution in [2.45, 2.75) is 6.04 Å². The molecule has 1 amide bonds. The number of anilines is 1. The molecule has 1 aromatic heterocycles. The molecule has 1 N–H and O–H groups in total. The Morgan fingerprint density at radius 1 is 1.17 bits per heavy atom. The number of rotatable bonds is 1. The number of hydrogen-bond donors (Lipinski definition) is 1. The van der Waals surface area contributed by atoms with E-state index >= 15 is 0 Å². The highest BCUT2D eigenvalue weighted by molar-refractivity contribution is 6.31. The van der Waals surface area contributed by atoms with Crippen molar-refractivity contribution in [3.05, 3.63) is 59.1 Å². The maximum absolute atomic E-state index is 12.3. The van der Waals surface area contributed by atoms with Gasteiger partial charge in [0.1, 0.15) is 0 Å². The number of hydrogen-bond acceptors (Lipinski definition) is 3. The van der Waals surface area contributed by atoms with Gasteiger partial charge in [-0.05, 0) is 23.8 Å². The lowest BCUT2D eigenvalue weighted by atomic mass is 9.91. The molecule has 0 spiro atoms. The minimum absolute atomic E-state index is 0.361. The highest BCUT2D eigenvalue weighted by Gasteiger charge is 2.39. The fourth-order valence-corrected chi connectivity index (χ4v) is 3.30. The first-order valence-corrected chi connectivity index (χ1v) is 7.50. The number of halogens is 1. The summed E-state index contributed by atoms with van der Waals surface area (Å²) in [6.07, 6.45) is 0. The van der Waals surface area contributed by atoms with Crippen molar-refractivity contribution < 1.29 is 4.79 Å². The molecule has 1 aliphatic rings. The van der Waals surface area contributed by atoms with Crippen LogP contribution in [0.4, 0.5) is 5.95 Å². The Morgan fingerprint density at radius 2 is 1.91 bits per heavy atom. The topological polar surface area (TPSA) is 70.7 Å². The minimum atomic E-state index is -0.875. The summed E-state index contributed by atoms with van der Waals surface area (Å²) in [4.78, 5) is 16.8. The average molecular weight is 323 g/mol. The molecule has 6 heteroatoms. The monoisotopic (exact) mass is 322 g/mol. The molecule has 5 nitrogen and oxygen atoms in total. The Bertz CT molecular complexity index is 972. The Balaban J connectivity index is 2.05. The van der Waals surface area contributed by atoms with E-state index in [1.807, 2.05) is 47.0 Å². The number of nitrogens with zero attached hydrogens (tertiary/aromatic N) is 3. The van der Waals surface area contributed by atoms with Gasteiger partial charge in [-0.2, -0.15) is 5.26 Å². The predicted molar refractivity (Wildman–Crippen MR) is 87.1 cm³/mol. The highest BCUT2D eigenvalue weighted by Crippen LogP contribution is 2.39. The smallest absolute Gasteiger partial charge is 0.246 e. The van der Waals surface area contributed by atoms with Crippen LogP contribution >= 0.6 is 11.6 Å². The molecule has 0 unspecified atom stereocenters. The number of aromatic nitrogens is 2. The predicted octanol–water partition coefficient (Wildman–Crippen LogP) is 3.37. The molecule has 3 aromatic rings. The quantitative estimate of drug-likeness (QED) is 0.746. The van der Waals surface area contributed by atoms with Gasteiger partial charge in [0, 0.05) is 5.02 Å². The first-order valence-electron chi connectivity index (χ1n) is 7.12. The van der Waals surface area contributed by atoms with E-state index in [1.165, 1.54) is 0 Å². The lowest BCUT2D eigenvalue weighted by Crippen LogP contribution is -2.37. The molecular formula is C17H11ClN4O. The first-order chi connectivity index (χ1) is 11.2. The van der Waals surface area contributed by atoms with Gasteiger partial charge in [-0.15, -0.1) is 0 Å². The second kappa shape index (κ2) is 5.11. The molecule has 112 valence electrons. The van der Waals surface area contributed by atoms with Gasteiger partial charge in [0.2, 0.25) is 11.9 Å². The van der Waals surface area contributed by atoms with Gasteiger partial charge in [0.05, 0.1) is 23.1 Å². The molecule has 0 saturated carbocycles.